The highest BCUT2D eigenvalue weighted by atomic mass is 16.4. The molecule has 110 valence electrons. The van der Waals surface area contributed by atoms with Crippen LogP contribution in [-0.2, 0) is 0 Å². The molecule has 0 bridgehead atoms. The maximum Gasteiger partial charge on any atom is 0.337 e. The summed E-state index contributed by atoms with van der Waals surface area (Å²) in [6, 6.07) is 5.05. The Morgan fingerprint density at radius 1 is 1.35 bits per heavy atom. The van der Waals surface area contributed by atoms with E-state index in [1.54, 1.807) is 18.2 Å². The van der Waals surface area contributed by atoms with Crippen LogP contribution in [0.4, 0.5) is 11.4 Å². The number of hydrogen-bond acceptors (Lipinski definition) is 3. The van der Waals surface area contributed by atoms with Gasteiger partial charge in [0.05, 0.1) is 11.3 Å². The molecule has 1 fully saturated rings. The Hall–Kier alpha value is -1.71. The van der Waals surface area contributed by atoms with Crippen molar-refractivity contribution in [3.8, 4) is 0 Å². The van der Waals surface area contributed by atoms with Gasteiger partial charge in [-0.25, -0.2) is 4.79 Å². The van der Waals surface area contributed by atoms with Crippen LogP contribution in [0.1, 0.15) is 43.5 Å². The molecular weight excluding hydrogens is 252 g/mol. The second kappa shape index (κ2) is 6.16. The van der Waals surface area contributed by atoms with E-state index in [1.165, 1.54) is 6.42 Å². The highest BCUT2D eigenvalue weighted by molar-refractivity contribution is 5.95. The molecule has 0 aliphatic carbocycles. The van der Waals surface area contributed by atoms with Gasteiger partial charge in [0.25, 0.3) is 0 Å². The quantitative estimate of drug-likeness (QED) is 0.832. The zero-order valence-electron chi connectivity index (χ0n) is 12.3. The molecular formula is C16H24N2O2. The molecule has 1 aromatic carbocycles. The standard InChI is InChI=1S/C16H24N2O2/c1-11(2)12-4-3-8-18(9-7-12)15-10-13(17)5-6-14(15)16(19)20/h5-6,10-12H,3-4,7-9,17H2,1-2H3,(H,19,20). The lowest BCUT2D eigenvalue weighted by molar-refractivity contribution is 0.0697. The van der Waals surface area contributed by atoms with Crippen LogP contribution in [0, 0.1) is 11.8 Å². The van der Waals surface area contributed by atoms with Gasteiger partial charge in [-0.15, -0.1) is 0 Å². The first-order valence-corrected chi connectivity index (χ1v) is 7.37. The summed E-state index contributed by atoms with van der Waals surface area (Å²) in [6.45, 7) is 6.35. The van der Waals surface area contributed by atoms with Gasteiger partial charge in [0, 0.05) is 18.8 Å². The topological polar surface area (TPSA) is 66.6 Å². The van der Waals surface area contributed by atoms with Crippen LogP contribution < -0.4 is 10.6 Å². The third-order valence-electron chi connectivity index (χ3n) is 4.31. The van der Waals surface area contributed by atoms with Crippen LogP contribution in [0.25, 0.3) is 0 Å². The number of hydrogen-bond donors (Lipinski definition) is 2. The van der Waals surface area contributed by atoms with E-state index in [1.807, 2.05) is 0 Å². The third-order valence-corrected chi connectivity index (χ3v) is 4.31. The van der Waals surface area contributed by atoms with Crippen LogP contribution in [0.15, 0.2) is 18.2 Å². The molecule has 4 nitrogen and oxygen atoms in total. The number of benzene rings is 1. The average molecular weight is 276 g/mol. The molecule has 1 saturated heterocycles. The molecule has 1 aromatic rings. The number of nitrogens with zero attached hydrogens (tertiary/aromatic N) is 1. The highest BCUT2D eigenvalue weighted by Gasteiger charge is 2.22. The summed E-state index contributed by atoms with van der Waals surface area (Å²) in [5.74, 6) is 0.536. The molecule has 1 aliphatic heterocycles. The Kier molecular flexibility index (Phi) is 4.53. The summed E-state index contributed by atoms with van der Waals surface area (Å²) in [5, 5.41) is 9.33. The van der Waals surface area contributed by atoms with Crippen LogP contribution >= 0.6 is 0 Å². The van der Waals surface area contributed by atoms with Crippen molar-refractivity contribution in [2.75, 3.05) is 23.7 Å². The van der Waals surface area contributed by atoms with Crippen molar-refractivity contribution < 1.29 is 9.90 Å². The number of carboxylic acids is 1. The van der Waals surface area contributed by atoms with Crippen LogP contribution in [0.2, 0.25) is 0 Å². The van der Waals surface area contributed by atoms with Gasteiger partial charge in [0.1, 0.15) is 0 Å². The fraction of sp³-hybridized carbons (Fsp3) is 0.562. The summed E-state index contributed by atoms with van der Waals surface area (Å²) in [6.07, 6.45) is 3.45. The predicted octanol–water partition coefficient (Wildman–Crippen LogP) is 3.23. The summed E-state index contributed by atoms with van der Waals surface area (Å²) < 4.78 is 0. The maximum absolute atomic E-state index is 11.4. The molecule has 20 heavy (non-hydrogen) atoms. The van der Waals surface area contributed by atoms with Gasteiger partial charge in [-0.05, 0) is 49.3 Å². The minimum atomic E-state index is -0.885. The highest BCUT2D eigenvalue weighted by Crippen LogP contribution is 2.30. The number of aromatic carboxylic acids is 1. The van der Waals surface area contributed by atoms with Crippen molar-refractivity contribution in [1.82, 2.24) is 0 Å². The SMILES string of the molecule is CC(C)C1CCCN(c2cc(N)ccc2C(=O)O)CC1. The van der Waals surface area contributed by atoms with Crippen LogP contribution in [0.3, 0.4) is 0 Å². The molecule has 0 saturated carbocycles. The van der Waals surface area contributed by atoms with Crippen molar-refractivity contribution in [3.63, 3.8) is 0 Å². The van der Waals surface area contributed by atoms with E-state index >= 15 is 0 Å². The molecule has 0 amide bonds. The smallest absolute Gasteiger partial charge is 0.337 e. The minimum absolute atomic E-state index is 0.349. The lowest BCUT2D eigenvalue weighted by Crippen LogP contribution is -2.26. The summed E-state index contributed by atoms with van der Waals surface area (Å²) >= 11 is 0. The lowest BCUT2D eigenvalue weighted by atomic mass is 9.89. The molecule has 3 N–H and O–H groups in total. The monoisotopic (exact) mass is 276 g/mol. The van der Waals surface area contributed by atoms with Gasteiger partial charge in [-0.1, -0.05) is 13.8 Å². The molecule has 1 atom stereocenters. The van der Waals surface area contributed by atoms with E-state index in [-0.39, 0.29) is 0 Å². The number of carboxylic acid groups (broad SMARTS) is 1. The first kappa shape index (κ1) is 14.7. The first-order chi connectivity index (χ1) is 9.49. The number of anilines is 2. The summed E-state index contributed by atoms with van der Waals surface area (Å²) in [5.41, 5.74) is 7.56. The number of rotatable bonds is 3. The van der Waals surface area contributed by atoms with Crippen molar-refractivity contribution in [1.29, 1.82) is 0 Å². The van der Waals surface area contributed by atoms with Gasteiger partial charge >= 0.3 is 5.97 Å². The maximum atomic E-state index is 11.4. The normalized spacial score (nSPS) is 19.9. The Morgan fingerprint density at radius 3 is 2.75 bits per heavy atom. The molecule has 0 aromatic heterocycles. The van der Waals surface area contributed by atoms with Gasteiger partial charge in [-0.2, -0.15) is 0 Å². The zero-order chi connectivity index (χ0) is 14.7. The molecule has 1 heterocycles. The van der Waals surface area contributed by atoms with Crippen molar-refractivity contribution >= 4 is 17.3 Å². The third kappa shape index (κ3) is 3.24. The van der Waals surface area contributed by atoms with Gasteiger partial charge in [-0.3, -0.25) is 0 Å². The molecule has 0 spiro atoms. The van der Waals surface area contributed by atoms with E-state index in [2.05, 4.69) is 18.7 Å². The van der Waals surface area contributed by atoms with Gasteiger partial charge in [0.15, 0.2) is 0 Å². The summed E-state index contributed by atoms with van der Waals surface area (Å²) in [7, 11) is 0. The largest absolute Gasteiger partial charge is 0.478 e. The molecule has 1 unspecified atom stereocenters. The number of nitrogens with two attached hydrogens (primary N) is 1. The predicted molar refractivity (Wildman–Crippen MR) is 82.2 cm³/mol. The Bertz CT molecular complexity index is 485. The fourth-order valence-corrected chi connectivity index (χ4v) is 3.02. The van der Waals surface area contributed by atoms with Crippen molar-refractivity contribution in [2.24, 2.45) is 11.8 Å². The number of carbonyl (C=O) groups is 1. The lowest BCUT2D eigenvalue weighted by Gasteiger charge is -2.25. The van der Waals surface area contributed by atoms with E-state index in [0.29, 0.717) is 17.2 Å². The molecule has 1 aliphatic rings. The molecule has 0 radical (unpaired) electrons. The van der Waals surface area contributed by atoms with Gasteiger partial charge in [0.2, 0.25) is 0 Å². The Labute approximate surface area is 120 Å². The minimum Gasteiger partial charge on any atom is -0.478 e. The van der Waals surface area contributed by atoms with Crippen molar-refractivity contribution in [2.45, 2.75) is 33.1 Å². The fourth-order valence-electron chi connectivity index (χ4n) is 3.02. The summed E-state index contributed by atoms with van der Waals surface area (Å²) in [4.78, 5) is 13.5. The van der Waals surface area contributed by atoms with Crippen molar-refractivity contribution in [3.05, 3.63) is 23.8 Å². The Balaban J connectivity index is 2.23. The zero-order valence-corrected chi connectivity index (χ0v) is 12.3. The van der Waals surface area contributed by atoms with Gasteiger partial charge < -0.3 is 15.7 Å². The Morgan fingerprint density at radius 2 is 2.10 bits per heavy atom. The first-order valence-electron chi connectivity index (χ1n) is 7.37. The van der Waals surface area contributed by atoms with E-state index < -0.39 is 5.97 Å². The number of nitrogen functional groups attached to an aromatic ring is 1. The second-order valence-electron chi connectivity index (χ2n) is 6.00. The second-order valence-corrected chi connectivity index (χ2v) is 6.00. The van der Waals surface area contributed by atoms with E-state index in [0.717, 1.165) is 37.5 Å². The van der Waals surface area contributed by atoms with E-state index in [4.69, 9.17) is 5.73 Å². The average Bonchev–Trinajstić information content (AvgIpc) is 2.63. The molecule has 2 rings (SSSR count). The molecule has 4 heteroatoms. The van der Waals surface area contributed by atoms with Crippen LogP contribution in [-0.4, -0.2) is 24.2 Å². The van der Waals surface area contributed by atoms with E-state index in [9.17, 15) is 9.90 Å². The van der Waals surface area contributed by atoms with Crippen LogP contribution in [0.5, 0.6) is 0 Å².